The van der Waals surface area contributed by atoms with Crippen molar-refractivity contribution in [2.75, 3.05) is 24.6 Å². The van der Waals surface area contributed by atoms with Crippen molar-refractivity contribution in [2.24, 2.45) is 0 Å². The Hall–Kier alpha value is 1.08. The molecule has 0 aromatic heterocycles. The normalized spacial score (nSPS) is 12.9. The maximum Gasteiger partial charge on any atom is 0.0570 e. The van der Waals surface area contributed by atoms with Gasteiger partial charge in [-0.05, 0) is 29.7 Å². The summed E-state index contributed by atoms with van der Waals surface area (Å²) in [7, 11) is -0.373. The SMILES string of the molecule is CCCP(CCC)C(P(CCC)CCC)[Si](C)(C)C. The number of hydrogen-bond donors (Lipinski definition) is 0. The summed E-state index contributed by atoms with van der Waals surface area (Å²) in [4.78, 5) is 0. The molecule has 0 aliphatic heterocycles. The Bertz CT molecular complexity index is 185. The van der Waals surface area contributed by atoms with Crippen LogP contribution in [0.3, 0.4) is 0 Å². The van der Waals surface area contributed by atoms with Crippen molar-refractivity contribution in [3.05, 3.63) is 0 Å². The van der Waals surface area contributed by atoms with Gasteiger partial charge in [0, 0.05) is 0 Å². The van der Waals surface area contributed by atoms with Crippen LogP contribution in [-0.2, 0) is 0 Å². The monoisotopic (exact) mass is 320 g/mol. The van der Waals surface area contributed by atoms with Crippen LogP contribution in [0.5, 0.6) is 0 Å². The standard InChI is InChI=1S/C16H38P2Si/c1-8-12-17(13-9-2)16(19(5,6)7)18(14-10-3)15-11-4/h16H,8-15H2,1-7H3. The van der Waals surface area contributed by atoms with E-state index in [0.29, 0.717) is 15.8 Å². The highest BCUT2D eigenvalue weighted by atomic mass is 31.2. The molecule has 0 aliphatic rings. The minimum Gasteiger partial charge on any atom is -0.102 e. The summed E-state index contributed by atoms with van der Waals surface area (Å²) in [5.74, 6) is 0. The lowest BCUT2D eigenvalue weighted by Gasteiger charge is -2.42. The molecule has 0 atom stereocenters. The number of rotatable bonds is 11. The molecule has 0 heterocycles. The summed E-state index contributed by atoms with van der Waals surface area (Å²) < 4.78 is 0. The van der Waals surface area contributed by atoms with Crippen LogP contribution in [0, 0.1) is 0 Å². The van der Waals surface area contributed by atoms with Crippen LogP contribution in [0.4, 0.5) is 0 Å². The van der Waals surface area contributed by atoms with Gasteiger partial charge in [-0.3, -0.25) is 0 Å². The summed E-state index contributed by atoms with van der Waals surface area (Å²) in [6.45, 7) is 17.5. The van der Waals surface area contributed by atoms with E-state index in [1.165, 1.54) is 30.7 Å². The predicted molar refractivity (Wildman–Crippen MR) is 102 cm³/mol. The second kappa shape index (κ2) is 10.8. The van der Waals surface area contributed by atoms with Crippen molar-refractivity contribution in [1.29, 1.82) is 0 Å². The van der Waals surface area contributed by atoms with Gasteiger partial charge in [-0.25, -0.2) is 0 Å². The van der Waals surface area contributed by atoms with E-state index in [2.05, 4.69) is 47.3 Å². The zero-order valence-electron chi connectivity index (χ0n) is 14.6. The van der Waals surface area contributed by atoms with Crippen LogP contribution in [-0.4, -0.2) is 37.7 Å². The van der Waals surface area contributed by atoms with Gasteiger partial charge in [0.15, 0.2) is 0 Å². The van der Waals surface area contributed by atoms with Crippen molar-refractivity contribution in [1.82, 2.24) is 0 Å². The zero-order valence-corrected chi connectivity index (χ0v) is 17.4. The first-order valence-electron chi connectivity index (χ1n) is 8.40. The summed E-state index contributed by atoms with van der Waals surface area (Å²) in [5.41, 5.74) is 0. The van der Waals surface area contributed by atoms with Gasteiger partial charge in [-0.15, -0.1) is 15.8 Å². The molecule has 0 aromatic carbocycles. The molecule has 0 unspecified atom stereocenters. The molecule has 0 radical (unpaired) electrons. The van der Waals surface area contributed by atoms with Gasteiger partial charge >= 0.3 is 0 Å². The largest absolute Gasteiger partial charge is 0.102 e. The highest BCUT2D eigenvalue weighted by molar-refractivity contribution is 7.79. The number of hydrogen-bond acceptors (Lipinski definition) is 0. The summed E-state index contributed by atoms with van der Waals surface area (Å²) in [6, 6.07) is 0. The van der Waals surface area contributed by atoms with Crippen molar-refractivity contribution >= 4 is 23.9 Å². The van der Waals surface area contributed by atoms with E-state index in [1.54, 1.807) is 24.6 Å². The van der Waals surface area contributed by atoms with Crippen molar-refractivity contribution in [3.8, 4) is 0 Å². The second-order valence-electron chi connectivity index (χ2n) is 6.81. The van der Waals surface area contributed by atoms with E-state index in [1.807, 2.05) is 0 Å². The van der Waals surface area contributed by atoms with Crippen molar-refractivity contribution in [2.45, 2.75) is 78.0 Å². The van der Waals surface area contributed by atoms with E-state index in [4.69, 9.17) is 0 Å². The molecule has 0 saturated carbocycles. The molecule has 0 spiro atoms. The molecule has 0 saturated heterocycles. The van der Waals surface area contributed by atoms with Crippen LogP contribution in [0.25, 0.3) is 0 Å². The average molecular weight is 321 g/mol. The third-order valence-corrected chi connectivity index (χ3v) is 19.3. The molecule has 116 valence electrons. The van der Waals surface area contributed by atoms with E-state index < -0.39 is 8.07 Å². The van der Waals surface area contributed by atoms with E-state index in [0.717, 1.165) is 0 Å². The molecule has 0 aliphatic carbocycles. The van der Waals surface area contributed by atoms with Gasteiger partial charge in [0.1, 0.15) is 0 Å². The van der Waals surface area contributed by atoms with Crippen LogP contribution in [0.15, 0.2) is 0 Å². The minimum absolute atomic E-state index is 0.316. The van der Waals surface area contributed by atoms with Crippen LogP contribution >= 0.6 is 15.8 Å². The molecule has 0 bridgehead atoms. The fourth-order valence-electron chi connectivity index (χ4n) is 3.19. The molecule has 0 rings (SSSR count). The Balaban J connectivity index is 5.11. The van der Waals surface area contributed by atoms with E-state index in [-0.39, 0.29) is 0 Å². The van der Waals surface area contributed by atoms with Gasteiger partial charge in [-0.2, -0.15) is 0 Å². The summed E-state index contributed by atoms with van der Waals surface area (Å²) in [6.07, 6.45) is 11.8. The quantitative estimate of drug-likeness (QED) is 0.290. The second-order valence-corrected chi connectivity index (χ2v) is 18.7. The smallest absolute Gasteiger partial charge is 0.0570 e. The van der Waals surface area contributed by atoms with Crippen molar-refractivity contribution < 1.29 is 0 Å². The molecule has 0 amide bonds. The molecule has 3 heteroatoms. The maximum absolute atomic E-state index is 2.65. The fraction of sp³-hybridized carbons (Fsp3) is 1.00. The lowest BCUT2D eigenvalue weighted by molar-refractivity contribution is 1.03. The lowest BCUT2D eigenvalue weighted by atomic mass is 10.6. The topological polar surface area (TPSA) is 0 Å². The zero-order chi connectivity index (χ0) is 14.9. The van der Waals surface area contributed by atoms with Gasteiger partial charge in [0.25, 0.3) is 0 Å². The molecular formula is C16H38P2Si. The highest BCUT2D eigenvalue weighted by Gasteiger charge is 2.37. The third kappa shape index (κ3) is 7.59. The first-order valence-corrected chi connectivity index (χ1v) is 15.5. The van der Waals surface area contributed by atoms with E-state index in [9.17, 15) is 0 Å². The van der Waals surface area contributed by atoms with Gasteiger partial charge in [-0.1, -0.05) is 73.0 Å². The Morgan fingerprint density at radius 3 is 1.05 bits per heavy atom. The Labute approximate surface area is 127 Å². The van der Waals surface area contributed by atoms with Crippen LogP contribution in [0.1, 0.15) is 53.4 Å². The van der Waals surface area contributed by atoms with Gasteiger partial charge in [0.2, 0.25) is 0 Å². The summed E-state index contributed by atoms with van der Waals surface area (Å²) in [5, 5.41) is 1.18. The molecular weight excluding hydrogens is 282 g/mol. The molecule has 0 N–H and O–H groups in total. The van der Waals surface area contributed by atoms with Crippen LogP contribution in [0.2, 0.25) is 19.6 Å². The summed E-state index contributed by atoms with van der Waals surface area (Å²) >= 11 is 0. The van der Waals surface area contributed by atoms with E-state index >= 15 is 0 Å². The molecule has 19 heavy (non-hydrogen) atoms. The third-order valence-electron chi connectivity index (χ3n) is 3.51. The Morgan fingerprint density at radius 2 is 0.895 bits per heavy atom. The Morgan fingerprint density at radius 1 is 0.632 bits per heavy atom. The fourth-order valence-corrected chi connectivity index (χ4v) is 20.5. The highest BCUT2D eigenvalue weighted by Crippen LogP contribution is 2.62. The Kier molecular flexibility index (Phi) is 11.4. The molecule has 0 fully saturated rings. The van der Waals surface area contributed by atoms with Gasteiger partial charge in [0.05, 0.1) is 8.07 Å². The van der Waals surface area contributed by atoms with Gasteiger partial charge < -0.3 is 0 Å². The van der Waals surface area contributed by atoms with Crippen LogP contribution < -0.4 is 0 Å². The molecule has 0 aromatic rings. The lowest BCUT2D eigenvalue weighted by Crippen LogP contribution is -2.37. The molecule has 0 nitrogen and oxygen atoms in total. The van der Waals surface area contributed by atoms with Crippen molar-refractivity contribution in [3.63, 3.8) is 0 Å². The first kappa shape index (κ1) is 20.1. The predicted octanol–water partition coefficient (Wildman–Crippen LogP) is 6.79. The first-order chi connectivity index (χ1) is 8.92. The minimum atomic E-state index is -1.00. The maximum atomic E-state index is 2.65. The average Bonchev–Trinajstić information content (AvgIpc) is 2.28.